The lowest BCUT2D eigenvalue weighted by atomic mass is 9.72. The molecular formula is C35H46N8O5S. The number of ether oxygens (including phenoxy) is 3. The van der Waals surface area contributed by atoms with Crippen LogP contribution < -0.4 is 9.47 Å². The van der Waals surface area contributed by atoms with Crippen LogP contribution in [-0.4, -0.2) is 107 Å². The van der Waals surface area contributed by atoms with E-state index in [-0.39, 0.29) is 24.3 Å². The fourth-order valence-corrected chi connectivity index (χ4v) is 8.04. The highest BCUT2D eigenvalue weighted by atomic mass is 32.1. The van der Waals surface area contributed by atoms with E-state index in [1.54, 1.807) is 34.7 Å². The summed E-state index contributed by atoms with van der Waals surface area (Å²) >= 11 is 1.55. The number of aryl methyl sites for hydroxylation is 1. The van der Waals surface area contributed by atoms with E-state index in [2.05, 4.69) is 42.0 Å². The molecule has 3 aliphatic rings. The molecule has 0 bridgehead atoms. The minimum absolute atomic E-state index is 0.109. The maximum Gasteiger partial charge on any atom is 0.410 e. The Morgan fingerprint density at radius 1 is 1.27 bits per heavy atom. The van der Waals surface area contributed by atoms with E-state index in [0.717, 1.165) is 49.1 Å². The van der Waals surface area contributed by atoms with Crippen molar-refractivity contribution in [2.75, 3.05) is 40.8 Å². The lowest BCUT2D eigenvalue weighted by Gasteiger charge is -2.39. The summed E-state index contributed by atoms with van der Waals surface area (Å²) in [7, 11) is 5.91. The van der Waals surface area contributed by atoms with E-state index in [1.807, 2.05) is 39.8 Å². The minimum atomic E-state index is -0.668. The van der Waals surface area contributed by atoms with E-state index in [9.17, 15) is 10.1 Å². The second kappa shape index (κ2) is 13.6. The molecule has 262 valence electrons. The van der Waals surface area contributed by atoms with Gasteiger partial charge in [-0.1, -0.05) is 5.16 Å². The Labute approximate surface area is 291 Å². The average molecular weight is 691 g/mol. The smallest absolute Gasteiger partial charge is 0.410 e. The quantitative estimate of drug-likeness (QED) is 0.199. The zero-order valence-corrected chi connectivity index (χ0v) is 30.5. The number of hydrogen-bond donors (Lipinski definition) is 0. The second-order valence-corrected chi connectivity index (χ2v) is 15.8. The number of nitrogens with zero attached hydrogens (tertiary/aromatic N) is 8. The molecule has 0 saturated carbocycles. The third-order valence-electron chi connectivity index (χ3n) is 9.24. The number of fused-ring (bicyclic) bond motifs is 1. The van der Waals surface area contributed by atoms with Gasteiger partial charge in [-0.15, -0.1) is 11.3 Å². The SMILES string of the molecule is C[C@H](Oc1cc(OC2CN(C(=O)OC(C)(C)C)C2)cc(-c2noc([C@@]3(C)CCCc4sc(/N=C/N(C)C)c(C#N)c43)n2)n1)[C@@H]1CCCN1C. The molecule has 3 aromatic heterocycles. The van der Waals surface area contributed by atoms with Gasteiger partial charge in [0.2, 0.25) is 17.6 Å². The Hall–Kier alpha value is -4.22. The van der Waals surface area contributed by atoms with Crippen LogP contribution in [0.5, 0.6) is 11.6 Å². The molecule has 0 radical (unpaired) electrons. The van der Waals surface area contributed by atoms with Gasteiger partial charge in [-0.2, -0.15) is 10.2 Å². The Balaban J connectivity index is 1.29. The molecule has 0 spiro atoms. The Kier molecular flexibility index (Phi) is 9.61. The molecule has 3 aromatic rings. The first kappa shape index (κ1) is 34.6. The number of carbonyl (C=O) groups excluding carboxylic acids is 1. The predicted octanol–water partition coefficient (Wildman–Crippen LogP) is 5.79. The number of aliphatic imine (C=N–C) groups is 1. The van der Waals surface area contributed by atoms with Gasteiger partial charge < -0.3 is 28.5 Å². The van der Waals surface area contributed by atoms with E-state index >= 15 is 0 Å². The number of nitriles is 1. The van der Waals surface area contributed by atoms with Crippen molar-refractivity contribution < 1.29 is 23.5 Å². The Morgan fingerprint density at radius 3 is 2.71 bits per heavy atom. The first-order chi connectivity index (χ1) is 23.2. The molecule has 13 nitrogen and oxygen atoms in total. The molecule has 0 unspecified atom stereocenters. The van der Waals surface area contributed by atoms with Crippen molar-refractivity contribution in [2.45, 2.75) is 96.0 Å². The Morgan fingerprint density at radius 2 is 2.04 bits per heavy atom. The molecule has 0 N–H and O–H groups in total. The summed E-state index contributed by atoms with van der Waals surface area (Å²) in [5.74, 6) is 1.65. The summed E-state index contributed by atoms with van der Waals surface area (Å²) in [6.07, 6.45) is 5.73. The molecule has 3 atom stereocenters. The van der Waals surface area contributed by atoms with Gasteiger partial charge in [-0.3, -0.25) is 4.90 Å². The van der Waals surface area contributed by atoms with Crippen molar-refractivity contribution in [1.82, 2.24) is 29.8 Å². The molecule has 1 aliphatic carbocycles. The van der Waals surface area contributed by atoms with Crippen molar-refractivity contribution in [1.29, 1.82) is 5.26 Å². The highest BCUT2D eigenvalue weighted by molar-refractivity contribution is 7.16. The van der Waals surface area contributed by atoms with Crippen molar-refractivity contribution >= 4 is 28.8 Å². The zero-order valence-electron chi connectivity index (χ0n) is 29.6. The van der Waals surface area contributed by atoms with Crippen LogP contribution in [0.3, 0.4) is 0 Å². The fourth-order valence-electron chi connectivity index (χ4n) is 6.78. The summed E-state index contributed by atoms with van der Waals surface area (Å²) in [6.45, 7) is 11.5. The summed E-state index contributed by atoms with van der Waals surface area (Å²) in [6, 6.07) is 6.23. The van der Waals surface area contributed by atoms with Crippen LogP contribution in [0.4, 0.5) is 9.80 Å². The van der Waals surface area contributed by atoms with Crippen molar-refractivity contribution in [3.8, 4) is 29.2 Å². The predicted molar refractivity (Wildman–Crippen MR) is 186 cm³/mol. The molecule has 49 heavy (non-hydrogen) atoms. The summed E-state index contributed by atoms with van der Waals surface area (Å²) in [4.78, 5) is 33.7. The topological polar surface area (TPSA) is 142 Å². The molecule has 2 saturated heterocycles. The number of likely N-dealkylation sites (tertiary alicyclic amines) is 2. The highest BCUT2D eigenvalue weighted by Crippen LogP contribution is 2.50. The van der Waals surface area contributed by atoms with E-state index in [0.29, 0.717) is 52.7 Å². The average Bonchev–Trinajstić information content (AvgIpc) is 3.75. The maximum atomic E-state index is 12.5. The molecule has 6 rings (SSSR count). The van der Waals surface area contributed by atoms with Crippen molar-refractivity contribution in [3.63, 3.8) is 0 Å². The number of amides is 1. The number of rotatable bonds is 9. The molecule has 2 aliphatic heterocycles. The molecular weight excluding hydrogens is 645 g/mol. The van der Waals surface area contributed by atoms with Crippen LogP contribution >= 0.6 is 11.3 Å². The van der Waals surface area contributed by atoms with Gasteiger partial charge in [0.15, 0.2) is 0 Å². The van der Waals surface area contributed by atoms with Crippen molar-refractivity contribution in [3.05, 3.63) is 34.0 Å². The van der Waals surface area contributed by atoms with Crippen LogP contribution in [0, 0.1) is 11.3 Å². The van der Waals surface area contributed by atoms with Gasteiger partial charge in [0.1, 0.15) is 40.3 Å². The summed E-state index contributed by atoms with van der Waals surface area (Å²) < 4.78 is 24.2. The normalized spacial score (nSPS) is 22.0. The van der Waals surface area contributed by atoms with Gasteiger partial charge >= 0.3 is 6.09 Å². The van der Waals surface area contributed by atoms with Crippen LogP contribution in [0.1, 0.15) is 82.2 Å². The van der Waals surface area contributed by atoms with Crippen LogP contribution in [0.25, 0.3) is 11.5 Å². The van der Waals surface area contributed by atoms with Gasteiger partial charge in [0, 0.05) is 42.7 Å². The van der Waals surface area contributed by atoms with Crippen LogP contribution in [0.15, 0.2) is 21.6 Å². The van der Waals surface area contributed by atoms with E-state index < -0.39 is 11.0 Å². The summed E-state index contributed by atoms with van der Waals surface area (Å²) in [5.41, 5.74) is 0.672. The summed E-state index contributed by atoms with van der Waals surface area (Å²) in [5, 5.41) is 15.3. The monoisotopic (exact) mass is 690 g/mol. The fraction of sp³-hybridized carbons (Fsp3) is 0.600. The van der Waals surface area contributed by atoms with E-state index in [4.69, 9.17) is 28.7 Å². The van der Waals surface area contributed by atoms with E-state index in [1.165, 1.54) is 0 Å². The van der Waals surface area contributed by atoms with Gasteiger partial charge in [0.25, 0.3) is 0 Å². The largest absolute Gasteiger partial charge is 0.486 e. The first-order valence-electron chi connectivity index (χ1n) is 16.9. The second-order valence-electron chi connectivity index (χ2n) is 14.7. The third kappa shape index (κ3) is 7.38. The number of hydrogen-bond acceptors (Lipinski definition) is 12. The van der Waals surface area contributed by atoms with Crippen LogP contribution in [0.2, 0.25) is 0 Å². The molecule has 1 amide bonds. The maximum absolute atomic E-state index is 12.5. The number of thiophene rings is 1. The van der Waals surface area contributed by atoms with Gasteiger partial charge in [-0.05, 0) is 80.3 Å². The number of aromatic nitrogens is 3. The molecule has 14 heteroatoms. The minimum Gasteiger partial charge on any atom is -0.486 e. The Bertz CT molecular complexity index is 1750. The first-order valence-corrected chi connectivity index (χ1v) is 17.7. The van der Waals surface area contributed by atoms with Crippen molar-refractivity contribution in [2.24, 2.45) is 4.99 Å². The highest BCUT2D eigenvalue weighted by Gasteiger charge is 2.43. The lowest BCUT2D eigenvalue weighted by Crippen LogP contribution is -2.57. The number of carbonyl (C=O) groups is 1. The third-order valence-corrected chi connectivity index (χ3v) is 10.4. The van der Waals surface area contributed by atoms with Gasteiger partial charge in [-0.25, -0.2) is 14.8 Å². The zero-order chi connectivity index (χ0) is 35.1. The molecule has 0 aromatic carbocycles. The standard InChI is InChI=1S/C35H46N8O5S/c1-21(26-11-10-14-42(26)8)45-28-16-22(46-23-18-43(19-23)33(44)47-34(2,3)4)15-25(38-28)30-39-32(48-40-30)35(5)13-9-12-27-29(35)24(17-36)31(49-27)37-20-41(6)7/h15-16,20-21,23,26H,9-14,18-19H2,1-8H3/b37-20+/t21-,26-,35-/m0/s1. The molecule has 5 heterocycles. The lowest BCUT2D eigenvalue weighted by molar-refractivity contribution is -0.0222. The van der Waals surface area contributed by atoms with Crippen LogP contribution in [-0.2, 0) is 16.6 Å². The number of pyridine rings is 1. The number of likely N-dealkylation sites (N-methyl/N-ethyl adjacent to an activating group) is 1. The molecule has 2 fully saturated rings. The van der Waals surface area contributed by atoms with Gasteiger partial charge in [0.05, 0.1) is 30.4 Å².